The van der Waals surface area contributed by atoms with Gasteiger partial charge in [0, 0.05) is 6.42 Å². The maximum absolute atomic E-state index is 11.9. The Labute approximate surface area is 253 Å². The van der Waals surface area contributed by atoms with Crippen LogP contribution in [0.25, 0.3) is 0 Å². The molecule has 0 atom stereocenters. The third-order valence-corrected chi connectivity index (χ3v) is 8.43. The summed E-state index contributed by atoms with van der Waals surface area (Å²) in [5.41, 5.74) is 0. The number of unbranched alkanes of at least 4 members (excludes halogenated alkanes) is 27. The lowest BCUT2D eigenvalue weighted by atomic mass is 10.0. The second kappa shape index (κ2) is 34.4. The molecule has 0 aromatic rings. The van der Waals surface area contributed by atoms with Crippen molar-refractivity contribution in [1.82, 2.24) is 0 Å². The fraction of sp³-hybridized carbons (Fsp3) is 0.921. The van der Waals surface area contributed by atoms with Crippen LogP contribution in [0.5, 0.6) is 0 Å². The van der Waals surface area contributed by atoms with Crippen molar-refractivity contribution in [1.29, 1.82) is 0 Å². The fourth-order valence-corrected chi connectivity index (χ4v) is 5.65. The van der Waals surface area contributed by atoms with E-state index in [1.165, 1.54) is 173 Å². The van der Waals surface area contributed by atoms with Crippen LogP contribution in [0.2, 0.25) is 0 Å². The van der Waals surface area contributed by atoms with Crippen LogP contribution in [0.4, 0.5) is 0 Å². The molecule has 0 aliphatic heterocycles. The number of rotatable bonds is 33. The van der Waals surface area contributed by atoms with E-state index in [1.807, 2.05) is 6.08 Å². The van der Waals surface area contributed by atoms with Crippen LogP contribution >= 0.6 is 0 Å². The van der Waals surface area contributed by atoms with Crippen LogP contribution < -0.4 is 0 Å². The third kappa shape index (κ3) is 35.2. The Kier molecular flexibility index (Phi) is 33.7. The van der Waals surface area contributed by atoms with Gasteiger partial charge in [-0.3, -0.25) is 4.79 Å². The number of carbonyl (C=O) groups excluding carboxylic acids is 1. The van der Waals surface area contributed by atoms with Crippen LogP contribution in [0.15, 0.2) is 12.3 Å². The lowest BCUT2D eigenvalue weighted by Gasteiger charge is -2.05. The van der Waals surface area contributed by atoms with E-state index >= 15 is 0 Å². The Morgan fingerprint density at radius 2 is 0.850 bits per heavy atom. The van der Waals surface area contributed by atoms with Crippen molar-refractivity contribution < 1.29 is 9.53 Å². The first-order valence-electron chi connectivity index (χ1n) is 18.5. The molecule has 0 aliphatic rings. The van der Waals surface area contributed by atoms with E-state index in [4.69, 9.17) is 4.74 Å². The van der Waals surface area contributed by atoms with Gasteiger partial charge in [0.25, 0.3) is 0 Å². The number of hydrogen-bond acceptors (Lipinski definition) is 2. The Morgan fingerprint density at radius 1 is 0.500 bits per heavy atom. The monoisotopic (exact) mass is 563 g/mol. The van der Waals surface area contributed by atoms with Crippen LogP contribution in [0.1, 0.15) is 220 Å². The molecule has 0 rings (SSSR count). The second-order valence-corrected chi connectivity index (χ2v) is 13.1. The van der Waals surface area contributed by atoms with E-state index < -0.39 is 0 Å². The minimum atomic E-state index is -0.0587. The molecule has 40 heavy (non-hydrogen) atoms. The van der Waals surface area contributed by atoms with Gasteiger partial charge < -0.3 is 4.74 Å². The van der Waals surface area contributed by atoms with Gasteiger partial charge in [0.1, 0.15) is 0 Å². The first kappa shape index (κ1) is 39.2. The molecule has 0 radical (unpaired) electrons. The number of esters is 1. The number of allylic oxidation sites excluding steroid dienone is 1. The highest BCUT2D eigenvalue weighted by molar-refractivity contribution is 5.69. The molecule has 0 amide bonds. The second-order valence-electron chi connectivity index (χ2n) is 13.1. The molecule has 0 spiro atoms. The van der Waals surface area contributed by atoms with Gasteiger partial charge in [-0.2, -0.15) is 0 Å². The van der Waals surface area contributed by atoms with E-state index in [0.29, 0.717) is 6.42 Å². The largest absolute Gasteiger partial charge is 0.435 e. The Bertz CT molecular complexity index is 510. The van der Waals surface area contributed by atoms with E-state index in [0.717, 1.165) is 25.2 Å². The summed E-state index contributed by atoms with van der Waals surface area (Å²) >= 11 is 0. The molecule has 0 aromatic carbocycles. The van der Waals surface area contributed by atoms with Crippen LogP contribution in [-0.4, -0.2) is 5.97 Å². The van der Waals surface area contributed by atoms with Gasteiger partial charge in [-0.05, 0) is 31.3 Å². The zero-order valence-electron chi connectivity index (χ0n) is 28.0. The quantitative estimate of drug-likeness (QED) is 0.0451. The molecule has 2 heteroatoms. The highest BCUT2D eigenvalue weighted by Crippen LogP contribution is 2.16. The van der Waals surface area contributed by atoms with Crippen molar-refractivity contribution in [2.45, 2.75) is 220 Å². The molecule has 238 valence electrons. The van der Waals surface area contributed by atoms with Crippen LogP contribution in [0.3, 0.4) is 0 Å². The molecular weight excluding hydrogens is 488 g/mol. The van der Waals surface area contributed by atoms with Gasteiger partial charge in [0.15, 0.2) is 0 Å². The van der Waals surface area contributed by atoms with Gasteiger partial charge in [-0.25, -0.2) is 0 Å². The summed E-state index contributed by atoms with van der Waals surface area (Å²) in [6.45, 7) is 6.94. The van der Waals surface area contributed by atoms with Crippen molar-refractivity contribution >= 4 is 5.97 Å². The normalized spacial score (nSPS) is 11.7. The molecule has 0 fully saturated rings. The summed E-state index contributed by atoms with van der Waals surface area (Å²) in [7, 11) is 0. The van der Waals surface area contributed by atoms with Gasteiger partial charge in [-0.15, -0.1) is 0 Å². The third-order valence-electron chi connectivity index (χ3n) is 8.43. The average Bonchev–Trinajstić information content (AvgIpc) is 2.94. The summed E-state index contributed by atoms with van der Waals surface area (Å²) in [6, 6.07) is 0. The lowest BCUT2D eigenvalue weighted by Crippen LogP contribution is -1.98. The van der Waals surface area contributed by atoms with Crippen molar-refractivity contribution in [2.24, 2.45) is 5.92 Å². The van der Waals surface area contributed by atoms with E-state index in [1.54, 1.807) is 6.26 Å². The lowest BCUT2D eigenvalue weighted by molar-refractivity contribution is -0.138. The van der Waals surface area contributed by atoms with Crippen molar-refractivity contribution in [2.75, 3.05) is 0 Å². The van der Waals surface area contributed by atoms with E-state index in [9.17, 15) is 4.79 Å². The number of hydrogen-bond donors (Lipinski definition) is 0. The fourth-order valence-electron chi connectivity index (χ4n) is 5.65. The predicted molar refractivity (Wildman–Crippen MR) is 179 cm³/mol. The minimum absolute atomic E-state index is 0.0587. The Hall–Kier alpha value is -0.790. The molecule has 0 saturated carbocycles. The summed E-state index contributed by atoms with van der Waals surface area (Å²) in [5, 5.41) is 0. The van der Waals surface area contributed by atoms with Gasteiger partial charge in [0.2, 0.25) is 0 Å². The van der Waals surface area contributed by atoms with Gasteiger partial charge in [0.05, 0.1) is 6.26 Å². The molecular formula is C38H74O2. The number of carbonyl (C=O) groups is 1. The summed E-state index contributed by atoms with van der Waals surface area (Å²) in [5.74, 6) is 0.808. The molecule has 0 aromatic heterocycles. The molecule has 0 bridgehead atoms. The van der Waals surface area contributed by atoms with Crippen molar-refractivity contribution in [3.8, 4) is 0 Å². The first-order chi connectivity index (χ1) is 19.7. The molecule has 0 N–H and O–H groups in total. The predicted octanol–water partition coefficient (Wildman–Crippen LogP) is 13.8. The average molecular weight is 563 g/mol. The molecule has 0 aliphatic carbocycles. The molecule has 0 unspecified atom stereocenters. The number of ether oxygens (including phenoxy) is 1. The zero-order chi connectivity index (χ0) is 29.2. The smallest absolute Gasteiger partial charge is 0.310 e. The Morgan fingerprint density at radius 3 is 1.25 bits per heavy atom. The van der Waals surface area contributed by atoms with Crippen molar-refractivity contribution in [3.63, 3.8) is 0 Å². The van der Waals surface area contributed by atoms with Crippen LogP contribution in [0, 0.1) is 5.92 Å². The summed E-state index contributed by atoms with van der Waals surface area (Å²) < 4.78 is 5.27. The Balaban J connectivity index is 3.21. The molecule has 2 nitrogen and oxygen atoms in total. The zero-order valence-corrected chi connectivity index (χ0v) is 28.0. The van der Waals surface area contributed by atoms with Gasteiger partial charge in [-0.1, -0.05) is 194 Å². The minimum Gasteiger partial charge on any atom is -0.435 e. The van der Waals surface area contributed by atoms with E-state index in [2.05, 4.69) is 20.8 Å². The molecule has 0 saturated heterocycles. The SMILES string of the molecule is CCCCCCCCCCCCCCCCCCC=COC(=O)CCCCCCCCCCCCCCC(C)C. The topological polar surface area (TPSA) is 26.3 Å². The summed E-state index contributed by atoms with van der Waals surface area (Å²) in [6.07, 6.45) is 45.1. The van der Waals surface area contributed by atoms with Gasteiger partial charge >= 0.3 is 5.97 Å². The highest BCUT2D eigenvalue weighted by atomic mass is 16.5. The highest BCUT2D eigenvalue weighted by Gasteiger charge is 2.01. The van der Waals surface area contributed by atoms with Crippen LogP contribution in [-0.2, 0) is 9.53 Å². The maximum atomic E-state index is 11.9. The maximum Gasteiger partial charge on any atom is 0.310 e. The van der Waals surface area contributed by atoms with Crippen molar-refractivity contribution in [3.05, 3.63) is 12.3 Å². The van der Waals surface area contributed by atoms with E-state index in [-0.39, 0.29) is 5.97 Å². The standard InChI is InChI=1S/C38H74O2/c1-4-5-6-7-8-9-10-11-12-13-14-15-18-21-24-27-30-33-36-40-38(39)35-32-29-26-23-20-17-16-19-22-25-28-31-34-37(2)3/h33,36-37H,4-32,34-35H2,1-3H3. The summed E-state index contributed by atoms with van der Waals surface area (Å²) in [4.78, 5) is 11.9. The first-order valence-corrected chi connectivity index (χ1v) is 18.5. The molecule has 0 heterocycles.